The van der Waals surface area contributed by atoms with Gasteiger partial charge in [-0.15, -0.1) is 13.2 Å². The van der Waals surface area contributed by atoms with E-state index in [0.717, 1.165) is 0 Å². The summed E-state index contributed by atoms with van der Waals surface area (Å²) in [7, 11) is -6.95. The van der Waals surface area contributed by atoms with E-state index >= 15 is 0 Å². The summed E-state index contributed by atoms with van der Waals surface area (Å²) in [5, 5.41) is 18.1. The van der Waals surface area contributed by atoms with Crippen LogP contribution in [0, 0.1) is 0 Å². The Kier molecular flexibility index (Phi) is 20.5. The molecule has 3 nitrogen and oxygen atoms in total. The second-order valence-corrected chi connectivity index (χ2v) is 1.10. The molecule has 0 aromatic carbocycles. The fraction of sp³-hybridized carbons (Fsp3) is 1.00. The molecule has 72 valence electrons. The summed E-state index contributed by atoms with van der Waals surface area (Å²) >= 11 is 0. The first-order valence-electron chi connectivity index (χ1n) is 2.13. The Morgan fingerprint density at radius 1 is 0.929 bits per heavy atom. The van der Waals surface area contributed by atoms with Crippen molar-refractivity contribution in [1.29, 1.82) is 0 Å². The van der Waals surface area contributed by atoms with Gasteiger partial charge >= 0.3 is 51.6 Å². The normalized spacial score (nSPS) is 8.57. The van der Waals surface area contributed by atoms with Crippen LogP contribution in [0.1, 0.15) is 0 Å². The van der Waals surface area contributed by atoms with E-state index in [1.807, 2.05) is 0 Å². The number of rotatable bonds is 1. The standard InChI is InChI=1S/CBF3O3.BF3.2Li/c3-1(4,5)8-2(6)7;2-1(3)4;;/q-2;;2*+1. The molecule has 0 amide bonds. The van der Waals surface area contributed by atoms with Crippen molar-refractivity contribution in [3.63, 3.8) is 0 Å². The summed E-state index contributed by atoms with van der Waals surface area (Å²) in [6.07, 6.45) is -5.10. The Balaban J connectivity index is -0.0000000733. The molecule has 0 rings (SSSR count). The maximum absolute atomic E-state index is 10.7. The Labute approximate surface area is 99.9 Å². The van der Waals surface area contributed by atoms with E-state index in [1.165, 1.54) is 0 Å². The first-order valence-corrected chi connectivity index (χ1v) is 2.13. The van der Waals surface area contributed by atoms with Gasteiger partial charge in [-0.3, -0.25) is 12.9 Å². The summed E-state index contributed by atoms with van der Waals surface area (Å²) in [6, 6.07) is 0. The van der Waals surface area contributed by atoms with Crippen molar-refractivity contribution in [3.05, 3.63) is 0 Å². The fourth-order valence-electron chi connectivity index (χ4n) is 0.109. The van der Waals surface area contributed by atoms with Crippen LogP contribution in [0.25, 0.3) is 0 Å². The van der Waals surface area contributed by atoms with Gasteiger partial charge in [-0.25, -0.2) is 0 Å². The van der Waals surface area contributed by atoms with E-state index in [2.05, 4.69) is 4.65 Å². The van der Waals surface area contributed by atoms with Gasteiger partial charge in [0.1, 0.15) is 0 Å². The minimum absolute atomic E-state index is 0. The average Bonchev–Trinajstić information content (AvgIpc) is 1.52. The molecule has 0 spiro atoms. The van der Waals surface area contributed by atoms with E-state index in [9.17, 15) is 26.1 Å². The van der Waals surface area contributed by atoms with Gasteiger partial charge in [0, 0.05) is 0 Å². The zero-order valence-electron chi connectivity index (χ0n) is 7.15. The fourth-order valence-corrected chi connectivity index (χ4v) is 0.109. The number of hydrogen-bond acceptors (Lipinski definition) is 3. The molecular weight excluding hydrogens is 210 g/mol. The monoisotopic (exact) mass is 210 g/mol. The van der Waals surface area contributed by atoms with Crippen LogP contribution < -0.4 is 47.8 Å². The SMILES string of the molecule is FB(F)F.[Li+].[Li+].[O-]B([O-])OC(F)(F)F. The van der Waals surface area contributed by atoms with Gasteiger partial charge in [-0.2, -0.15) is 0 Å². The van der Waals surface area contributed by atoms with Gasteiger partial charge < -0.3 is 14.7 Å². The van der Waals surface area contributed by atoms with Crippen molar-refractivity contribution < 1.29 is 78.5 Å². The van der Waals surface area contributed by atoms with Crippen LogP contribution in [0.3, 0.4) is 0 Å². The van der Waals surface area contributed by atoms with Crippen LogP contribution >= 0.6 is 0 Å². The molecule has 0 aliphatic carbocycles. The van der Waals surface area contributed by atoms with E-state index in [0.29, 0.717) is 0 Å². The van der Waals surface area contributed by atoms with E-state index < -0.39 is 21.2 Å². The average molecular weight is 210 g/mol. The van der Waals surface area contributed by atoms with E-state index in [1.54, 1.807) is 0 Å². The van der Waals surface area contributed by atoms with E-state index in [-0.39, 0.29) is 37.7 Å². The Morgan fingerprint density at radius 2 is 1.14 bits per heavy atom. The van der Waals surface area contributed by atoms with Crippen LogP contribution in [0.15, 0.2) is 0 Å². The van der Waals surface area contributed by atoms with Crippen molar-refractivity contribution >= 4 is 14.9 Å². The third-order valence-electron chi connectivity index (χ3n) is 0.230. The third kappa shape index (κ3) is 53.1. The van der Waals surface area contributed by atoms with Crippen LogP contribution in [0.4, 0.5) is 26.1 Å². The molecule has 0 aromatic rings. The molecule has 0 fully saturated rings. The largest absolute Gasteiger partial charge is 1.00 e. The zero-order valence-corrected chi connectivity index (χ0v) is 7.15. The summed E-state index contributed by atoms with van der Waals surface area (Å²) < 4.78 is 63.4. The summed E-state index contributed by atoms with van der Waals surface area (Å²) in [4.78, 5) is 0. The van der Waals surface area contributed by atoms with Crippen molar-refractivity contribution in [3.8, 4) is 0 Å². The maximum Gasteiger partial charge on any atom is 1.00 e. The van der Waals surface area contributed by atoms with Gasteiger partial charge in [0.15, 0.2) is 0 Å². The third-order valence-corrected chi connectivity index (χ3v) is 0.230. The molecule has 0 aromatic heterocycles. The zero-order chi connectivity index (χ0) is 10.4. The molecule has 0 radical (unpaired) electrons. The molecule has 0 unspecified atom stereocenters. The van der Waals surface area contributed by atoms with Gasteiger partial charge in [0.25, 0.3) is 0 Å². The Bertz CT molecular complexity index is 109. The molecular formula is CB2F6Li2O3. The smallest absolute Gasteiger partial charge is 0.870 e. The molecule has 13 heteroatoms. The van der Waals surface area contributed by atoms with Gasteiger partial charge in [-0.05, 0) is 0 Å². The summed E-state index contributed by atoms with van der Waals surface area (Å²) in [5.74, 6) is 0. The first-order chi connectivity index (χ1) is 5.15. The summed E-state index contributed by atoms with van der Waals surface area (Å²) in [6.45, 7) is 0. The minimum atomic E-state index is -5.10. The van der Waals surface area contributed by atoms with E-state index in [4.69, 9.17) is 10.0 Å². The van der Waals surface area contributed by atoms with Gasteiger partial charge in [0.05, 0.1) is 7.32 Å². The molecule has 0 saturated carbocycles. The predicted molar refractivity (Wildman–Crippen MR) is 22.0 cm³/mol. The van der Waals surface area contributed by atoms with Crippen molar-refractivity contribution in [2.75, 3.05) is 0 Å². The van der Waals surface area contributed by atoms with Gasteiger partial charge in [-0.1, -0.05) is 0 Å². The topological polar surface area (TPSA) is 55.3 Å². The molecule has 0 atom stereocenters. The van der Waals surface area contributed by atoms with Crippen LogP contribution in [0.5, 0.6) is 0 Å². The molecule has 0 N–H and O–H groups in total. The Morgan fingerprint density at radius 3 is 1.14 bits per heavy atom. The second kappa shape index (κ2) is 11.9. The predicted octanol–water partition coefficient (Wildman–Crippen LogP) is -6.88. The first kappa shape index (κ1) is 24.2. The van der Waals surface area contributed by atoms with Crippen molar-refractivity contribution in [2.45, 2.75) is 6.36 Å². The van der Waals surface area contributed by atoms with Crippen LogP contribution in [-0.2, 0) is 4.65 Å². The number of alkyl halides is 3. The molecule has 0 aliphatic rings. The molecule has 0 bridgehead atoms. The van der Waals surface area contributed by atoms with Crippen molar-refractivity contribution in [2.24, 2.45) is 0 Å². The molecule has 14 heavy (non-hydrogen) atoms. The maximum atomic E-state index is 10.7. The molecule has 0 aliphatic heterocycles. The molecule has 0 saturated heterocycles. The summed E-state index contributed by atoms with van der Waals surface area (Å²) in [5.41, 5.74) is 0. The quantitative estimate of drug-likeness (QED) is 0.319. The second-order valence-electron chi connectivity index (χ2n) is 1.10. The minimum Gasteiger partial charge on any atom is -0.870 e. The number of hydrogen-bond donors (Lipinski definition) is 0. The van der Waals surface area contributed by atoms with Gasteiger partial charge in [0.2, 0.25) is 0 Å². The van der Waals surface area contributed by atoms with Crippen LogP contribution in [0.2, 0.25) is 0 Å². The molecule has 0 heterocycles. The number of halogens is 6. The van der Waals surface area contributed by atoms with Crippen LogP contribution in [-0.4, -0.2) is 21.2 Å². The van der Waals surface area contributed by atoms with Crippen molar-refractivity contribution in [1.82, 2.24) is 0 Å². The Hall–Kier alpha value is 0.785.